The van der Waals surface area contributed by atoms with Crippen LogP contribution in [0.2, 0.25) is 0 Å². The second-order valence-electron chi connectivity index (χ2n) is 6.00. The van der Waals surface area contributed by atoms with Gasteiger partial charge in [-0.25, -0.2) is 30.4 Å². The first kappa shape index (κ1) is 26.8. The van der Waals surface area contributed by atoms with Crippen LogP contribution in [0.15, 0.2) is 96.4 Å². The lowest BCUT2D eigenvalue weighted by Gasteiger charge is -2.11. The molecule has 3 aromatic carbocycles. The number of hydrogen-bond donors (Lipinski definition) is 2. The van der Waals surface area contributed by atoms with Crippen molar-refractivity contribution in [1.82, 2.24) is 0 Å². The van der Waals surface area contributed by atoms with Gasteiger partial charge >= 0.3 is 0 Å². The van der Waals surface area contributed by atoms with E-state index in [2.05, 4.69) is 36.6 Å². The first-order valence-electron chi connectivity index (χ1n) is 8.30. The Hall–Kier alpha value is -1.48. The number of rotatable bonds is 5. The van der Waals surface area contributed by atoms with Gasteiger partial charge in [0.2, 0.25) is 10.0 Å². The van der Waals surface area contributed by atoms with Crippen molar-refractivity contribution in [2.75, 3.05) is 4.72 Å². The van der Waals surface area contributed by atoms with Crippen molar-refractivity contribution < 1.29 is 25.3 Å². The Labute approximate surface area is 207 Å². The quantitative estimate of drug-likeness (QED) is 0.397. The number of sulfonamides is 2. The molecule has 0 heterocycles. The smallest absolute Gasteiger partial charge is 0.261 e. The molecule has 0 spiro atoms. The summed E-state index contributed by atoms with van der Waals surface area (Å²) in [5.74, 6) is 0. The van der Waals surface area contributed by atoms with E-state index in [1.807, 2.05) is 0 Å². The zero-order valence-electron chi connectivity index (χ0n) is 15.8. The highest BCUT2D eigenvalue weighted by atomic mass is 79.9. The van der Waals surface area contributed by atoms with E-state index in [1.54, 1.807) is 24.3 Å². The zero-order valence-corrected chi connectivity index (χ0v) is 22.2. The topological polar surface area (TPSA) is 140 Å². The van der Waals surface area contributed by atoms with Crippen LogP contribution in [0.1, 0.15) is 0 Å². The molecule has 0 aliphatic heterocycles. The van der Waals surface area contributed by atoms with Crippen molar-refractivity contribution >= 4 is 77.3 Å². The fourth-order valence-electron chi connectivity index (χ4n) is 2.26. The molecule has 172 valence electrons. The minimum absolute atomic E-state index is 0.00102. The van der Waals surface area contributed by atoms with Gasteiger partial charge in [-0.15, -0.1) is 0 Å². The van der Waals surface area contributed by atoms with Crippen LogP contribution in [0.25, 0.3) is 0 Å². The summed E-state index contributed by atoms with van der Waals surface area (Å²) < 4.78 is 72.4. The maximum Gasteiger partial charge on any atom is 0.261 e. The summed E-state index contributed by atoms with van der Waals surface area (Å²) in [6.45, 7) is 0. The van der Waals surface area contributed by atoms with Crippen molar-refractivity contribution in [3.63, 3.8) is 0 Å². The molecule has 0 aromatic heterocycles. The minimum Gasteiger partial charge on any atom is -0.278 e. The molecule has 0 amide bonds. The van der Waals surface area contributed by atoms with E-state index in [4.69, 9.17) is 15.8 Å². The van der Waals surface area contributed by atoms with Crippen LogP contribution < -0.4 is 9.86 Å². The van der Waals surface area contributed by atoms with E-state index in [9.17, 15) is 25.3 Å². The Morgan fingerprint density at radius 3 is 1.69 bits per heavy atom. The number of halogens is 3. The largest absolute Gasteiger partial charge is 0.278 e. The second kappa shape index (κ2) is 10.6. The summed E-state index contributed by atoms with van der Waals surface area (Å²) in [4.78, 5) is -0.182. The highest BCUT2D eigenvalue weighted by Crippen LogP contribution is 2.24. The van der Waals surface area contributed by atoms with Crippen molar-refractivity contribution in [2.45, 2.75) is 14.7 Å². The third-order valence-electron chi connectivity index (χ3n) is 3.62. The molecule has 0 unspecified atom stereocenters. The molecule has 0 bridgehead atoms. The Balaban J connectivity index is 0.000000278. The zero-order chi connectivity index (χ0) is 24.2. The first-order valence-corrected chi connectivity index (χ1v) is 15.2. The standard InChI is InChI=1S/C12H11BrN2O4S2.C6H4BrClO2S/c13-9-4-3-5-10(8-9)21(18,19)15-11-6-1-2-7-12(11)20(14,16)17;7-5-2-1-3-6(4-5)11(8,9)10/h1-8,15H,(H2,14,16,17);1-4H. The van der Waals surface area contributed by atoms with Crippen molar-refractivity contribution in [1.29, 1.82) is 0 Å². The van der Waals surface area contributed by atoms with Crippen LogP contribution in [0.3, 0.4) is 0 Å². The van der Waals surface area contributed by atoms with Crippen molar-refractivity contribution in [2.24, 2.45) is 5.14 Å². The lowest BCUT2D eigenvalue weighted by Crippen LogP contribution is -2.18. The molecule has 32 heavy (non-hydrogen) atoms. The molecule has 0 radical (unpaired) electrons. The fraction of sp³-hybridized carbons (Fsp3) is 0. The molecule has 0 aliphatic rings. The molecule has 3 aromatic rings. The third-order valence-corrected chi connectivity index (χ3v) is 8.29. The molecule has 3 N–H and O–H groups in total. The van der Waals surface area contributed by atoms with Gasteiger partial charge in [-0.1, -0.05) is 56.1 Å². The van der Waals surface area contributed by atoms with Crippen LogP contribution >= 0.6 is 42.5 Å². The van der Waals surface area contributed by atoms with Gasteiger partial charge in [0.05, 0.1) is 15.5 Å². The fourth-order valence-corrected chi connectivity index (χ4v) is 6.04. The summed E-state index contributed by atoms with van der Waals surface area (Å²) >= 11 is 6.31. The van der Waals surface area contributed by atoms with Crippen LogP contribution in [-0.4, -0.2) is 25.3 Å². The maximum absolute atomic E-state index is 12.3. The van der Waals surface area contributed by atoms with Crippen LogP contribution in [0.5, 0.6) is 0 Å². The van der Waals surface area contributed by atoms with E-state index in [-0.39, 0.29) is 20.4 Å². The van der Waals surface area contributed by atoms with Crippen LogP contribution in [-0.2, 0) is 29.1 Å². The number of nitrogens with one attached hydrogen (secondary N) is 1. The molecule has 0 aliphatic carbocycles. The number of nitrogens with two attached hydrogens (primary N) is 1. The molecule has 14 heteroatoms. The lowest BCUT2D eigenvalue weighted by atomic mass is 10.3. The van der Waals surface area contributed by atoms with Gasteiger partial charge in [-0.3, -0.25) is 4.72 Å². The van der Waals surface area contributed by atoms with Crippen LogP contribution in [0, 0.1) is 0 Å². The van der Waals surface area contributed by atoms with E-state index in [0.29, 0.717) is 8.95 Å². The van der Waals surface area contributed by atoms with E-state index < -0.39 is 29.1 Å². The van der Waals surface area contributed by atoms with Crippen molar-refractivity contribution in [3.05, 3.63) is 81.7 Å². The summed E-state index contributed by atoms with van der Waals surface area (Å²) in [7, 11) is -6.45. The van der Waals surface area contributed by atoms with E-state index in [0.717, 1.165) is 0 Å². The normalized spacial score (nSPS) is 11.9. The second-order valence-corrected chi connectivity index (χ2v) is 13.6. The number of benzene rings is 3. The molecular weight excluding hydrogens is 632 g/mol. The summed E-state index contributed by atoms with van der Waals surface area (Å²) in [5.41, 5.74) is -0.0972. The van der Waals surface area contributed by atoms with Gasteiger partial charge in [0.15, 0.2) is 0 Å². The summed E-state index contributed by atoms with van der Waals surface area (Å²) in [6, 6.07) is 17.8. The monoisotopic (exact) mass is 644 g/mol. The molecule has 0 saturated heterocycles. The number of para-hydroxylation sites is 1. The average molecular weight is 647 g/mol. The molecule has 0 saturated carbocycles. The number of hydrogen-bond acceptors (Lipinski definition) is 6. The molecule has 0 fully saturated rings. The minimum atomic E-state index is -4.03. The first-order chi connectivity index (χ1) is 14.7. The van der Waals surface area contributed by atoms with E-state index in [1.165, 1.54) is 48.5 Å². The van der Waals surface area contributed by atoms with Crippen molar-refractivity contribution in [3.8, 4) is 0 Å². The molecule has 0 atom stereocenters. The van der Waals surface area contributed by atoms with Gasteiger partial charge in [-0.05, 0) is 48.5 Å². The van der Waals surface area contributed by atoms with Gasteiger partial charge < -0.3 is 0 Å². The molecule has 8 nitrogen and oxygen atoms in total. The van der Waals surface area contributed by atoms with Gasteiger partial charge in [0.1, 0.15) is 4.90 Å². The summed E-state index contributed by atoms with van der Waals surface area (Å²) in [5, 5.41) is 5.07. The van der Waals surface area contributed by atoms with Gasteiger partial charge in [0.25, 0.3) is 19.1 Å². The number of primary sulfonamides is 1. The Kier molecular flexibility index (Phi) is 8.90. The predicted molar refractivity (Wildman–Crippen MR) is 130 cm³/mol. The molecule has 3 rings (SSSR count). The van der Waals surface area contributed by atoms with Gasteiger partial charge in [-0.2, -0.15) is 0 Å². The predicted octanol–water partition coefficient (Wildman–Crippen LogP) is 4.27. The maximum atomic E-state index is 12.3. The third kappa shape index (κ3) is 7.83. The molecular formula is C18H15Br2ClN2O6S3. The van der Waals surface area contributed by atoms with E-state index >= 15 is 0 Å². The number of anilines is 1. The highest BCUT2D eigenvalue weighted by Gasteiger charge is 2.20. The highest BCUT2D eigenvalue weighted by molar-refractivity contribution is 9.10. The lowest BCUT2D eigenvalue weighted by molar-refractivity contribution is 0.597. The Morgan fingerprint density at radius 1 is 0.719 bits per heavy atom. The van der Waals surface area contributed by atoms with Crippen LogP contribution in [0.4, 0.5) is 5.69 Å². The van der Waals surface area contributed by atoms with Gasteiger partial charge in [0, 0.05) is 19.6 Å². The SMILES string of the molecule is NS(=O)(=O)c1ccccc1NS(=O)(=O)c1cccc(Br)c1.O=S(=O)(Cl)c1cccc(Br)c1. The summed E-state index contributed by atoms with van der Waals surface area (Å²) in [6.07, 6.45) is 0. The Bertz CT molecular complexity index is 1450. The Morgan fingerprint density at radius 2 is 1.22 bits per heavy atom. The average Bonchev–Trinajstić information content (AvgIpc) is 2.67.